The second-order valence-corrected chi connectivity index (χ2v) is 7.77. The van der Waals surface area contributed by atoms with Crippen LogP contribution in [0.15, 0.2) is 0 Å². The van der Waals surface area contributed by atoms with Gasteiger partial charge in [-0.25, -0.2) is 9.18 Å². The van der Waals surface area contributed by atoms with Crippen molar-refractivity contribution in [3.8, 4) is 0 Å². The van der Waals surface area contributed by atoms with Gasteiger partial charge in [0.05, 0.1) is 12.8 Å². The molecule has 8 heteroatoms. The molecule has 1 fully saturated rings. The van der Waals surface area contributed by atoms with Crippen LogP contribution < -0.4 is 0 Å². The highest BCUT2D eigenvalue weighted by molar-refractivity contribution is 7.85. The van der Waals surface area contributed by atoms with Crippen molar-refractivity contribution in [1.82, 2.24) is 4.90 Å². The Balaban J connectivity index is 2.63. The van der Waals surface area contributed by atoms with Gasteiger partial charge in [-0.05, 0) is 33.6 Å². The van der Waals surface area contributed by atoms with Crippen LogP contribution in [0.2, 0.25) is 0 Å². The van der Waals surface area contributed by atoms with Gasteiger partial charge in [0, 0.05) is 6.54 Å². The maximum atomic E-state index is 14.5. The smallest absolute Gasteiger partial charge is 0.410 e. The van der Waals surface area contributed by atoms with E-state index in [9.17, 15) is 17.6 Å². The Kier molecular flexibility index (Phi) is 5.02. The number of hydrogen-bond donors (Lipinski definition) is 0. The molecule has 20 heavy (non-hydrogen) atoms. The minimum Gasteiger partial charge on any atom is -0.444 e. The summed E-state index contributed by atoms with van der Waals surface area (Å²) in [5.41, 5.74) is -2.52. The number of likely N-dealkylation sites (tertiary alicyclic amines) is 1. The van der Waals surface area contributed by atoms with Crippen molar-refractivity contribution in [3.63, 3.8) is 0 Å². The van der Waals surface area contributed by atoms with Crippen molar-refractivity contribution in [2.45, 2.75) is 44.9 Å². The molecule has 0 aromatic heterocycles. The third kappa shape index (κ3) is 6.04. The Morgan fingerprint density at radius 2 is 2.00 bits per heavy atom. The topological polar surface area (TPSA) is 72.9 Å². The van der Waals surface area contributed by atoms with Crippen LogP contribution in [0.5, 0.6) is 0 Å². The quantitative estimate of drug-likeness (QED) is 0.742. The molecule has 0 aromatic rings. The van der Waals surface area contributed by atoms with Gasteiger partial charge in [-0.15, -0.1) is 0 Å². The Hall–Kier alpha value is -0.890. The van der Waals surface area contributed by atoms with Gasteiger partial charge >= 0.3 is 6.09 Å². The third-order valence-electron chi connectivity index (χ3n) is 2.71. The maximum Gasteiger partial charge on any atom is 0.410 e. The van der Waals surface area contributed by atoms with Crippen molar-refractivity contribution in [2.75, 3.05) is 26.0 Å². The standard InChI is InChI=1S/C12H22FNO5S/c1-11(2,3)19-10(15)14-7-5-6-12(13,8-14)9-18-20(4,16)17/h5-9H2,1-4H3. The fourth-order valence-electron chi connectivity index (χ4n) is 1.90. The van der Waals surface area contributed by atoms with Crippen LogP contribution >= 0.6 is 0 Å². The van der Waals surface area contributed by atoms with Gasteiger partial charge in [-0.3, -0.25) is 4.18 Å². The molecule has 1 rings (SSSR count). The molecule has 1 unspecified atom stereocenters. The van der Waals surface area contributed by atoms with E-state index >= 15 is 0 Å². The zero-order chi connectivity index (χ0) is 15.6. The summed E-state index contributed by atoms with van der Waals surface area (Å²) in [6, 6.07) is 0. The van der Waals surface area contributed by atoms with Crippen LogP contribution in [-0.2, 0) is 19.0 Å². The highest BCUT2D eigenvalue weighted by Crippen LogP contribution is 2.27. The molecule has 0 spiro atoms. The van der Waals surface area contributed by atoms with E-state index in [0.717, 1.165) is 6.26 Å². The molecule has 0 aromatic carbocycles. The van der Waals surface area contributed by atoms with Gasteiger partial charge in [0.25, 0.3) is 10.1 Å². The molecule has 1 atom stereocenters. The lowest BCUT2D eigenvalue weighted by Gasteiger charge is -2.37. The van der Waals surface area contributed by atoms with Crippen molar-refractivity contribution in [2.24, 2.45) is 0 Å². The highest BCUT2D eigenvalue weighted by atomic mass is 32.2. The molecule has 0 N–H and O–H groups in total. The van der Waals surface area contributed by atoms with Gasteiger partial charge in [-0.1, -0.05) is 0 Å². The maximum absolute atomic E-state index is 14.5. The van der Waals surface area contributed by atoms with Gasteiger partial charge in [0.15, 0.2) is 5.67 Å². The molecule has 6 nitrogen and oxygen atoms in total. The van der Waals surface area contributed by atoms with E-state index in [4.69, 9.17) is 4.74 Å². The van der Waals surface area contributed by atoms with Crippen LogP contribution in [0.3, 0.4) is 0 Å². The number of amides is 1. The minimum absolute atomic E-state index is 0.155. The van der Waals surface area contributed by atoms with Crippen LogP contribution in [0.4, 0.5) is 9.18 Å². The second kappa shape index (κ2) is 5.85. The number of carbonyl (C=O) groups is 1. The molecule has 1 aliphatic rings. The lowest BCUT2D eigenvalue weighted by molar-refractivity contribution is -0.0180. The number of carbonyl (C=O) groups excluding carboxylic acids is 1. The van der Waals surface area contributed by atoms with E-state index in [1.807, 2.05) is 0 Å². The van der Waals surface area contributed by atoms with Gasteiger partial charge < -0.3 is 9.64 Å². The van der Waals surface area contributed by atoms with Crippen molar-refractivity contribution in [1.29, 1.82) is 0 Å². The van der Waals surface area contributed by atoms with Crippen LogP contribution in [0, 0.1) is 0 Å². The van der Waals surface area contributed by atoms with E-state index in [-0.39, 0.29) is 13.0 Å². The molecule has 0 bridgehead atoms. The van der Waals surface area contributed by atoms with E-state index in [1.165, 1.54) is 4.90 Å². The summed E-state index contributed by atoms with van der Waals surface area (Å²) in [5, 5.41) is 0. The predicted molar refractivity (Wildman–Crippen MR) is 71.7 cm³/mol. The molecule has 1 amide bonds. The first-order valence-electron chi connectivity index (χ1n) is 6.42. The minimum atomic E-state index is -3.70. The van der Waals surface area contributed by atoms with E-state index in [0.29, 0.717) is 13.0 Å². The first-order valence-corrected chi connectivity index (χ1v) is 8.23. The van der Waals surface area contributed by atoms with E-state index < -0.39 is 34.1 Å². The van der Waals surface area contributed by atoms with Gasteiger partial charge in [-0.2, -0.15) is 8.42 Å². The Morgan fingerprint density at radius 1 is 1.40 bits per heavy atom. The summed E-state index contributed by atoms with van der Waals surface area (Å²) in [6.07, 6.45) is 0.855. The molecular weight excluding hydrogens is 289 g/mol. The van der Waals surface area contributed by atoms with Crippen LogP contribution in [-0.4, -0.2) is 56.6 Å². The normalized spacial score (nSPS) is 24.6. The van der Waals surface area contributed by atoms with Gasteiger partial charge in [0.2, 0.25) is 0 Å². The fourth-order valence-corrected chi connectivity index (χ4v) is 2.32. The second-order valence-electron chi connectivity index (χ2n) is 6.12. The van der Waals surface area contributed by atoms with Crippen LogP contribution in [0.25, 0.3) is 0 Å². The fraction of sp³-hybridized carbons (Fsp3) is 0.917. The number of piperidine rings is 1. The molecule has 1 aliphatic heterocycles. The Morgan fingerprint density at radius 3 is 2.50 bits per heavy atom. The van der Waals surface area contributed by atoms with E-state index in [1.54, 1.807) is 20.8 Å². The average Bonchev–Trinajstić information content (AvgIpc) is 2.23. The Bertz CT molecular complexity index is 459. The molecule has 0 radical (unpaired) electrons. The molecule has 1 saturated heterocycles. The number of nitrogens with zero attached hydrogens (tertiary/aromatic N) is 1. The first kappa shape index (κ1) is 17.2. The van der Waals surface area contributed by atoms with Crippen molar-refractivity contribution in [3.05, 3.63) is 0 Å². The summed E-state index contributed by atoms with van der Waals surface area (Å²) >= 11 is 0. The highest BCUT2D eigenvalue weighted by Gasteiger charge is 2.39. The lowest BCUT2D eigenvalue weighted by Crippen LogP contribution is -2.51. The summed E-state index contributed by atoms with van der Waals surface area (Å²) in [7, 11) is -3.70. The summed E-state index contributed by atoms with van der Waals surface area (Å²) in [4.78, 5) is 13.1. The molecule has 0 saturated carbocycles. The summed E-state index contributed by atoms with van der Waals surface area (Å²) in [6.45, 7) is 4.76. The van der Waals surface area contributed by atoms with Crippen molar-refractivity contribution >= 4 is 16.2 Å². The van der Waals surface area contributed by atoms with Crippen LogP contribution in [0.1, 0.15) is 33.6 Å². The average molecular weight is 311 g/mol. The third-order valence-corrected chi connectivity index (χ3v) is 3.26. The summed E-state index contributed by atoms with van der Waals surface area (Å²) in [5.74, 6) is 0. The largest absolute Gasteiger partial charge is 0.444 e. The molecule has 0 aliphatic carbocycles. The SMILES string of the molecule is CC(C)(C)OC(=O)N1CCCC(F)(COS(C)(=O)=O)C1. The Labute approximate surface area is 119 Å². The zero-order valence-electron chi connectivity index (χ0n) is 12.3. The predicted octanol–water partition coefficient (Wildman–Crippen LogP) is 1.70. The monoisotopic (exact) mass is 311 g/mol. The molecular formula is C12H22FNO5S. The zero-order valence-corrected chi connectivity index (χ0v) is 13.1. The molecule has 118 valence electrons. The number of alkyl halides is 1. The van der Waals surface area contributed by atoms with Crippen molar-refractivity contribution < 1.29 is 26.5 Å². The number of ether oxygens (including phenoxy) is 1. The summed E-state index contributed by atoms with van der Waals surface area (Å²) < 4.78 is 46.1. The number of hydrogen-bond acceptors (Lipinski definition) is 5. The molecule has 1 heterocycles. The van der Waals surface area contributed by atoms with Gasteiger partial charge in [0.1, 0.15) is 12.2 Å². The number of rotatable bonds is 3. The lowest BCUT2D eigenvalue weighted by atomic mass is 9.96. The number of halogens is 1. The van der Waals surface area contributed by atoms with E-state index in [2.05, 4.69) is 4.18 Å². The first-order chi connectivity index (χ1) is 8.90.